The average molecular weight is 397 g/mol. The Balaban J connectivity index is 2.07. The van der Waals surface area contributed by atoms with E-state index in [9.17, 15) is 9.59 Å². The van der Waals surface area contributed by atoms with Crippen molar-refractivity contribution in [1.29, 1.82) is 0 Å². The second-order valence-electron chi connectivity index (χ2n) is 5.44. The van der Waals surface area contributed by atoms with E-state index in [0.717, 1.165) is 4.88 Å². The van der Waals surface area contributed by atoms with Crippen molar-refractivity contribution in [1.82, 2.24) is 5.32 Å². The van der Waals surface area contributed by atoms with Crippen molar-refractivity contribution in [2.45, 2.75) is 13.3 Å². The third-order valence-corrected chi connectivity index (χ3v) is 4.87. The minimum Gasteiger partial charge on any atom is -0.495 e. The predicted molar refractivity (Wildman–Crippen MR) is 104 cm³/mol. The first-order valence-corrected chi connectivity index (χ1v) is 9.20. The van der Waals surface area contributed by atoms with Gasteiger partial charge in [-0.15, -0.1) is 11.3 Å². The van der Waals surface area contributed by atoms with Crippen LogP contribution in [-0.2, 0) is 16.0 Å². The van der Waals surface area contributed by atoms with Gasteiger partial charge in [-0.2, -0.15) is 0 Å². The Kier molecular flexibility index (Phi) is 7.29. The molecule has 0 spiro atoms. The number of anilines is 1. The Labute approximate surface area is 161 Å². The number of hydrogen-bond acceptors (Lipinski definition) is 5. The molecule has 1 heterocycles. The molecule has 0 radical (unpaired) electrons. The minimum absolute atomic E-state index is 0.0865. The number of carbonyl (C=O) groups excluding carboxylic acids is 2. The van der Waals surface area contributed by atoms with Gasteiger partial charge in [-0.1, -0.05) is 17.7 Å². The summed E-state index contributed by atoms with van der Waals surface area (Å²) in [6, 6.07) is 7.07. The van der Waals surface area contributed by atoms with Gasteiger partial charge in [0.2, 0.25) is 11.8 Å². The number of methoxy groups -OCH3 is 2. The number of amides is 2. The maximum absolute atomic E-state index is 12.1. The summed E-state index contributed by atoms with van der Waals surface area (Å²) in [6.07, 6.45) is 0.329. The summed E-state index contributed by atoms with van der Waals surface area (Å²) >= 11 is 7.65. The number of nitrogens with one attached hydrogen (secondary N) is 1. The number of hydrogen-bond donors (Lipinski definition) is 1. The number of halogens is 1. The van der Waals surface area contributed by atoms with Crippen LogP contribution in [0.5, 0.6) is 11.5 Å². The molecule has 1 aromatic carbocycles. The van der Waals surface area contributed by atoms with Crippen LogP contribution in [0.4, 0.5) is 5.69 Å². The number of ether oxygens (including phenoxy) is 2. The molecule has 1 aromatic heterocycles. The fourth-order valence-electron chi connectivity index (χ4n) is 2.44. The van der Waals surface area contributed by atoms with E-state index in [1.165, 1.54) is 37.4 Å². The first kappa shape index (κ1) is 20.1. The normalized spacial score (nSPS) is 10.3. The summed E-state index contributed by atoms with van der Waals surface area (Å²) in [5, 5.41) is 5.15. The second kappa shape index (κ2) is 9.45. The summed E-state index contributed by atoms with van der Waals surface area (Å²) in [4.78, 5) is 26.6. The molecule has 0 saturated carbocycles. The van der Waals surface area contributed by atoms with E-state index in [1.54, 1.807) is 12.1 Å². The van der Waals surface area contributed by atoms with E-state index >= 15 is 0 Å². The first-order valence-electron chi connectivity index (χ1n) is 7.95. The molecule has 0 unspecified atom stereocenters. The van der Waals surface area contributed by atoms with Gasteiger partial charge in [0, 0.05) is 37.0 Å². The Morgan fingerprint density at radius 2 is 1.96 bits per heavy atom. The largest absolute Gasteiger partial charge is 0.495 e. The molecular formula is C18H21ClN2O4S. The zero-order valence-corrected chi connectivity index (χ0v) is 16.4. The molecule has 140 valence electrons. The van der Waals surface area contributed by atoms with Crippen LogP contribution in [0.2, 0.25) is 5.02 Å². The van der Waals surface area contributed by atoms with Crippen LogP contribution in [0.1, 0.15) is 11.8 Å². The molecule has 2 rings (SSSR count). The van der Waals surface area contributed by atoms with E-state index in [2.05, 4.69) is 5.32 Å². The number of rotatable bonds is 8. The SMILES string of the molecule is COc1cc(N(CCNC(=O)Cc2cccs2)C(C)=O)c(OC)cc1Cl. The lowest BCUT2D eigenvalue weighted by molar-refractivity contribution is -0.120. The molecular weight excluding hydrogens is 376 g/mol. The van der Waals surface area contributed by atoms with Gasteiger partial charge in [-0.3, -0.25) is 9.59 Å². The van der Waals surface area contributed by atoms with E-state index in [0.29, 0.717) is 41.7 Å². The van der Waals surface area contributed by atoms with Gasteiger partial charge in [0.1, 0.15) is 11.5 Å². The van der Waals surface area contributed by atoms with Gasteiger partial charge < -0.3 is 19.7 Å². The molecule has 1 N–H and O–H groups in total. The van der Waals surface area contributed by atoms with Gasteiger partial charge in [0.15, 0.2) is 0 Å². The fraction of sp³-hybridized carbons (Fsp3) is 0.333. The van der Waals surface area contributed by atoms with Gasteiger partial charge in [-0.25, -0.2) is 0 Å². The highest BCUT2D eigenvalue weighted by Crippen LogP contribution is 2.38. The zero-order valence-electron chi connectivity index (χ0n) is 14.9. The molecule has 2 amide bonds. The van der Waals surface area contributed by atoms with E-state index in [-0.39, 0.29) is 11.8 Å². The molecule has 0 aliphatic carbocycles. The van der Waals surface area contributed by atoms with Crippen molar-refractivity contribution in [2.75, 3.05) is 32.2 Å². The Hall–Kier alpha value is -2.25. The number of nitrogens with zero attached hydrogens (tertiary/aromatic N) is 1. The van der Waals surface area contributed by atoms with Crippen LogP contribution in [-0.4, -0.2) is 39.1 Å². The third kappa shape index (κ3) is 5.12. The standard InChI is InChI=1S/C18H21ClN2O4S/c1-12(22)21(7-6-20-18(23)9-13-5-4-8-26-13)15-11-16(24-2)14(19)10-17(15)25-3/h4-5,8,10-11H,6-7,9H2,1-3H3,(H,20,23). The van der Waals surface area contributed by atoms with Crippen LogP contribution in [0.15, 0.2) is 29.6 Å². The molecule has 26 heavy (non-hydrogen) atoms. The summed E-state index contributed by atoms with van der Waals surface area (Å²) in [5.74, 6) is 0.628. The van der Waals surface area contributed by atoms with E-state index < -0.39 is 0 Å². The summed E-state index contributed by atoms with van der Waals surface area (Å²) in [5.41, 5.74) is 0.536. The molecule has 0 aliphatic heterocycles. The van der Waals surface area contributed by atoms with Crippen molar-refractivity contribution < 1.29 is 19.1 Å². The number of carbonyl (C=O) groups is 2. The second-order valence-corrected chi connectivity index (χ2v) is 6.87. The lowest BCUT2D eigenvalue weighted by atomic mass is 10.2. The van der Waals surface area contributed by atoms with E-state index in [1.807, 2.05) is 17.5 Å². The molecule has 2 aromatic rings. The Morgan fingerprint density at radius 3 is 2.54 bits per heavy atom. The van der Waals surface area contributed by atoms with Crippen molar-refractivity contribution in [3.8, 4) is 11.5 Å². The van der Waals surface area contributed by atoms with Gasteiger partial charge in [0.25, 0.3) is 0 Å². The summed E-state index contributed by atoms with van der Waals surface area (Å²) in [6.45, 7) is 2.07. The van der Waals surface area contributed by atoms with Crippen molar-refractivity contribution in [3.05, 3.63) is 39.5 Å². The zero-order chi connectivity index (χ0) is 19.1. The van der Waals surface area contributed by atoms with Crippen molar-refractivity contribution in [2.24, 2.45) is 0 Å². The Morgan fingerprint density at radius 1 is 1.23 bits per heavy atom. The molecule has 0 atom stereocenters. The lowest BCUT2D eigenvalue weighted by Gasteiger charge is -2.24. The molecule has 6 nitrogen and oxygen atoms in total. The molecule has 8 heteroatoms. The van der Waals surface area contributed by atoms with Gasteiger partial charge >= 0.3 is 0 Å². The number of thiophene rings is 1. The molecule has 0 fully saturated rings. The van der Waals surface area contributed by atoms with E-state index in [4.69, 9.17) is 21.1 Å². The maximum Gasteiger partial charge on any atom is 0.225 e. The molecule has 0 aliphatic rings. The van der Waals surface area contributed by atoms with Crippen LogP contribution in [0.3, 0.4) is 0 Å². The third-order valence-electron chi connectivity index (χ3n) is 3.70. The number of benzene rings is 1. The lowest BCUT2D eigenvalue weighted by Crippen LogP contribution is -2.38. The first-order chi connectivity index (χ1) is 12.5. The molecule has 0 bridgehead atoms. The monoisotopic (exact) mass is 396 g/mol. The van der Waals surface area contributed by atoms with Crippen molar-refractivity contribution >= 4 is 40.4 Å². The predicted octanol–water partition coefficient (Wildman–Crippen LogP) is 3.13. The van der Waals surface area contributed by atoms with Gasteiger partial charge in [0.05, 0.1) is 31.4 Å². The highest BCUT2D eigenvalue weighted by molar-refractivity contribution is 7.10. The quantitative estimate of drug-likeness (QED) is 0.744. The smallest absolute Gasteiger partial charge is 0.225 e. The van der Waals surface area contributed by atoms with Crippen LogP contribution < -0.4 is 19.7 Å². The topological polar surface area (TPSA) is 67.9 Å². The molecule has 0 saturated heterocycles. The van der Waals surface area contributed by atoms with Crippen LogP contribution in [0.25, 0.3) is 0 Å². The highest BCUT2D eigenvalue weighted by Gasteiger charge is 2.19. The average Bonchev–Trinajstić information content (AvgIpc) is 3.11. The summed E-state index contributed by atoms with van der Waals surface area (Å²) < 4.78 is 10.6. The highest BCUT2D eigenvalue weighted by atomic mass is 35.5. The summed E-state index contributed by atoms with van der Waals surface area (Å²) in [7, 11) is 3.00. The van der Waals surface area contributed by atoms with Crippen LogP contribution >= 0.6 is 22.9 Å². The van der Waals surface area contributed by atoms with Gasteiger partial charge in [-0.05, 0) is 11.4 Å². The minimum atomic E-state index is -0.180. The fourth-order valence-corrected chi connectivity index (χ4v) is 3.38. The van der Waals surface area contributed by atoms with Crippen molar-refractivity contribution in [3.63, 3.8) is 0 Å². The maximum atomic E-state index is 12.1. The van der Waals surface area contributed by atoms with Crippen LogP contribution in [0, 0.1) is 0 Å². The Bertz CT molecular complexity index is 765.